The number of ether oxygens (including phenoxy) is 1. The van der Waals surface area contributed by atoms with Crippen molar-refractivity contribution in [3.05, 3.63) is 64.2 Å². The first-order valence-electron chi connectivity index (χ1n) is 6.98. The molecule has 0 unspecified atom stereocenters. The van der Waals surface area contributed by atoms with Crippen LogP contribution in [0.25, 0.3) is 0 Å². The quantitative estimate of drug-likeness (QED) is 0.790. The van der Waals surface area contributed by atoms with Crippen LogP contribution in [0.5, 0.6) is 5.75 Å². The van der Waals surface area contributed by atoms with E-state index in [9.17, 15) is 4.79 Å². The largest absolute Gasteiger partial charge is 0.497 e. The standard InChI is InChI=1S/C18H19ClO2/c1-13-3-7-15(18(19)11-13)12-16(20)8-4-14-5-9-17(21-2)10-6-14/h3,5-7,9-11H,4,8,12H2,1-2H3. The van der Waals surface area contributed by atoms with E-state index in [0.717, 1.165) is 28.9 Å². The number of hydrogen-bond donors (Lipinski definition) is 0. The van der Waals surface area contributed by atoms with Crippen molar-refractivity contribution in [1.82, 2.24) is 0 Å². The fourth-order valence-corrected chi connectivity index (χ4v) is 2.47. The van der Waals surface area contributed by atoms with Crippen molar-refractivity contribution in [3.63, 3.8) is 0 Å². The summed E-state index contributed by atoms with van der Waals surface area (Å²) in [4.78, 5) is 12.1. The van der Waals surface area contributed by atoms with Crippen LogP contribution in [-0.4, -0.2) is 12.9 Å². The van der Waals surface area contributed by atoms with E-state index in [1.165, 1.54) is 0 Å². The van der Waals surface area contributed by atoms with Crippen LogP contribution in [0.1, 0.15) is 23.1 Å². The summed E-state index contributed by atoms with van der Waals surface area (Å²) >= 11 is 6.16. The van der Waals surface area contributed by atoms with Gasteiger partial charge in [-0.25, -0.2) is 0 Å². The third-order valence-electron chi connectivity index (χ3n) is 3.45. The Morgan fingerprint density at radius 3 is 2.48 bits per heavy atom. The van der Waals surface area contributed by atoms with E-state index >= 15 is 0 Å². The number of Topliss-reactive ketones (excluding diaryl/α,β-unsaturated/α-hetero) is 1. The summed E-state index contributed by atoms with van der Waals surface area (Å²) in [6.07, 6.45) is 1.66. The maximum atomic E-state index is 12.1. The van der Waals surface area contributed by atoms with E-state index in [-0.39, 0.29) is 5.78 Å². The molecule has 0 aliphatic heterocycles. The molecule has 2 rings (SSSR count). The zero-order chi connectivity index (χ0) is 15.2. The summed E-state index contributed by atoms with van der Waals surface area (Å²) < 4.78 is 5.11. The molecule has 0 heterocycles. The Labute approximate surface area is 130 Å². The van der Waals surface area contributed by atoms with Gasteiger partial charge < -0.3 is 4.74 Å². The predicted octanol–water partition coefficient (Wildman–Crippen LogP) is 4.40. The van der Waals surface area contributed by atoms with Crippen LogP contribution < -0.4 is 4.74 Å². The second kappa shape index (κ2) is 7.28. The van der Waals surface area contributed by atoms with Gasteiger partial charge in [0.25, 0.3) is 0 Å². The predicted molar refractivity (Wildman–Crippen MR) is 86.2 cm³/mol. The Morgan fingerprint density at radius 2 is 1.86 bits per heavy atom. The first kappa shape index (κ1) is 15.6. The first-order valence-corrected chi connectivity index (χ1v) is 7.36. The van der Waals surface area contributed by atoms with E-state index in [1.807, 2.05) is 49.4 Å². The molecule has 0 saturated heterocycles. The lowest BCUT2D eigenvalue weighted by molar-refractivity contribution is -0.118. The molecule has 2 aromatic carbocycles. The Hall–Kier alpha value is -1.80. The molecule has 3 heteroatoms. The summed E-state index contributed by atoms with van der Waals surface area (Å²) in [5.41, 5.74) is 3.15. The molecule has 2 nitrogen and oxygen atoms in total. The Balaban J connectivity index is 1.89. The van der Waals surface area contributed by atoms with Crippen LogP contribution in [0.2, 0.25) is 5.02 Å². The lowest BCUT2D eigenvalue weighted by Crippen LogP contribution is -2.05. The minimum atomic E-state index is 0.205. The van der Waals surface area contributed by atoms with E-state index in [0.29, 0.717) is 17.9 Å². The third-order valence-corrected chi connectivity index (χ3v) is 3.80. The molecule has 2 aromatic rings. The third kappa shape index (κ3) is 4.61. The molecule has 21 heavy (non-hydrogen) atoms. The molecule has 0 N–H and O–H groups in total. The number of benzene rings is 2. The molecular weight excluding hydrogens is 284 g/mol. The highest BCUT2D eigenvalue weighted by molar-refractivity contribution is 6.31. The normalized spacial score (nSPS) is 10.4. The number of ketones is 1. The highest BCUT2D eigenvalue weighted by atomic mass is 35.5. The highest BCUT2D eigenvalue weighted by Gasteiger charge is 2.08. The lowest BCUT2D eigenvalue weighted by Gasteiger charge is -2.06. The highest BCUT2D eigenvalue weighted by Crippen LogP contribution is 2.19. The molecule has 0 fully saturated rings. The molecule has 110 valence electrons. The Kier molecular flexibility index (Phi) is 5.40. The van der Waals surface area contributed by atoms with Crippen molar-refractivity contribution in [2.24, 2.45) is 0 Å². The van der Waals surface area contributed by atoms with Crippen LogP contribution >= 0.6 is 11.6 Å². The lowest BCUT2D eigenvalue weighted by atomic mass is 10.0. The molecule has 0 aliphatic carbocycles. The van der Waals surface area contributed by atoms with Crippen LogP contribution in [0.3, 0.4) is 0 Å². The average molecular weight is 303 g/mol. The zero-order valence-electron chi connectivity index (χ0n) is 12.4. The van der Waals surface area contributed by atoms with Gasteiger partial charge in [-0.3, -0.25) is 4.79 Å². The second-order valence-corrected chi connectivity index (χ2v) is 5.57. The number of rotatable bonds is 6. The summed E-state index contributed by atoms with van der Waals surface area (Å²) in [5, 5.41) is 0.674. The molecule has 0 radical (unpaired) electrons. The van der Waals surface area contributed by atoms with Crippen LogP contribution in [0, 0.1) is 6.92 Å². The van der Waals surface area contributed by atoms with Crippen molar-refractivity contribution >= 4 is 17.4 Å². The molecule has 0 amide bonds. The maximum absolute atomic E-state index is 12.1. The minimum Gasteiger partial charge on any atom is -0.497 e. The summed E-state index contributed by atoms with van der Waals surface area (Å²) in [5.74, 6) is 1.04. The van der Waals surface area contributed by atoms with Crippen LogP contribution in [0.15, 0.2) is 42.5 Å². The molecule has 0 bridgehead atoms. The van der Waals surface area contributed by atoms with Gasteiger partial charge >= 0.3 is 0 Å². The Morgan fingerprint density at radius 1 is 1.14 bits per heavy atom. The maximum Gasteiger partial charge on any atom is 0.137 e. The SMILES string of the molecule is COc1ccc(CCC(=O)Cc2ccc(C)cc2Cl)cc1. The van der Waals surface area contributed by atoms with Crippen molar-refractivity contribution in [2.45, 2.75) is 26.2 Å². The molecule has 0 aromatic heterocycles. The number of hydrogen-bond acceptors (Lipinski definition) is 2. The monoisotopic (exact) mass is 302 g/mol. The molecule has 0 saturated carbocycles. The fraction of sp³-hybridized carbons (Fsp3) is 0.278. The first-order chi connectivity index (χ1) is 10.1. The number of halogens is 1. The van der Waals surface area contributed by atoms with Gasteiger partial charge in [0.15, 0.2) is 0 Å². The fourth-order valence-electron chi connectivity index (χ4n) is 2.17. The van der Waals surface area contributed by atoms with Crippen LogP contribution in [-0.2, 0) is 17.6 Å². The van der Waals surface area contributed by atoms with Crippen molar-refractivity contribution in [3.8, 4) is 5.75 Å². The summed E-state index contributed by atoms with van der Waals surface area (Å²) in [7, 11) is 1.64. The zero-order valence-corrected chi connectivity index (χ0v) is 13.1. The number of carbonyl (C=O) groups excluding carboxylic acids is 1. The van der Waals surface area contributed by atoms with E-state index < -0.39 is 0 Å². The molecule has 0 atom stereocenters. The van der Waals surface area contributed by atoms with Crippen molar-refractivity contribution in [1.29, 1.82) is 0 Å². The number of aryl methyl sites for hydroxylation is 2. The molecule has 0 spiro atoms. The van der Waals surface area contributed by atoms with Gasteiger partial charge in [-0.15, -0.1) is 0 Å². The topological polar surface area (TPSA) is 26.3 Å². The smallest absolute Gasteiger partial charge is 0.137 e. The Bertz CT molecular complexity index is 618. The van der Waals surface area contributed by atoms with Gasteiger partial charge in [0.1, 0.15) is 11.5 Å². The second-order valence-electron chi connectivity index (χ2n) is 5.16. The summed E-state index contributed by atoms with van der Waals surface area (Å²) in [6, 6.07) is 13.6. The van der Waals surface area contributed by atoms with Crippen molar-refractivity contribution < 1.29 is 9.53 Å². The number of methoxy groups -OCH3 is 1. The van der Waals surface area contributed by atoms with E-state index in [1.54, 1.807) is 7.11 Å². The van der Waals surface area contributed by atoms with Gasteiger partial charge in [-0.1, -0.05) is 35.9 Å². The van der Waals surface area contributed by atoms with Gasteiger partial charge in [-0.2, -0.15) is 0 Å². The average Bonchev–Trinajstić information content (AvgIpc) is 2.48. The van der Waals surface area contributed by atoms with Gasteiger partial charge in [-0.05, 0) is 48.2 Å². The number of carbonyl (C=O) groups is 1. The van der Waals surface area contributed by atoms with Crippen LogP contribution in [0.4, 0.5) is 0 Å². The molecule has 0 aliphatic rings. The minimum absolute atomic E-state index is 0.205. The van der Waals surface area contributed by atoms with E-state index in [2.05, 4.69) is 0 Å². The van der Waals surface area contributed by atoms with E-state index in [4.69, 9.17) is 16.3 Å². The van der Waals surface area contributed by atoms with Gasteiger partial charge in [0.05, 0.1) is 7.11 Å². The molecular formula is C18H19ClO2. The van der Waals surface area contributed by atoms with Gasteiger partial charge in [0, 0.05) is 17.9 Å². The summed E-state index contributed by atoms with van der Waals surface area (Å²) in [6.45, 7) is 1.99. The van der Waals surface area contributed by atoms with Gasteiger partial charge in [0.2, 0.25) is 0 Å². The van der Waals surface area contributed by atoms with Crippen molar-refractivity contribution in [2.75, 3.05) is 7.11 Å².